The molecule has 0 bridgehead atoms. The number of rotatable bonds is 5. The van der Waals surface area contributed by atoms with Crippen molar-refractivity contribution in [2.75, 3.05) is 5.32 Å². The molecule has 0 spiro atoms. The summed E-state index contributed by atoms with van der Waals surface area (Å²) < 4.78 is 5.18. The van der Waals surface area contributed by atoms with E-state index >= 15 is 0 Å². The maximum Gasteiger partial charge on any atom is 0.331 e. The molecule has 152 valence electrons. The van der Waals surface area contributed by atoms with E-state index in [1.165, 1.54) is 24.3 Å². The Morgan fingerprint density at radius 1 is 1.13 bits per heavy atom. The second-order valence-electron chi connectivity index (χ2n) is 7.02. The minimum absolute atomic E-state index is 0.469. The topological polar surface area (TPSA) is 103 Å². The average Bonchev–Trinajstić information content (AvgIpc) is 2.91. The normalized spacial score (nSPS) is 14.1. The number of carbonyl (C=O) groups excluding carboxylic acids is 2. The van der Waals surface area contributed by atoms with Crippen LogP contribution in [0.5, 0.6) is 0 Å². The van der Waals surface area contributed by atoms with E-state index < -0.39 is 18.0 Å². The Bertz CT molecular complexity index is 1060. The number of hydrogen-bond donors (Lipinski definition) is 1. The summed E-state index contributed by atoms with van der Waals surface area (Å²) in [4.78, 5) is 25.7. The van der Waals surface area contributed by atoms with Crippen molar-refractivity contribution in [1.29, 1.82) is 10.5 Å². The number of anilines is 1. The molecule has 30 heavy (non-hydrogen) atoms. The van der Waals surface area contributed by atoms with Gasteiger partial charge < -0.3 is 10.1 Å². The summed E-state index contributed by atoms with van der Waals surface area (Å²) in [6.07, 6.45) is 6.85. The van der Waals surface area contributed by atoms with Gasteiger partial charge in [-0.1, -0.05) is 18.6 Å². The van der Waals surface area contributed by atoms with E-state index in [1.54, 1.807) is 30.3 Å². The highest BCUT2D eigenvalue weighted by Crippen LogP contribution is 2.37. The molecule has 0 saturated heterocycles. The van der Waals surface area contributed by atoms with Gasteiger partial charge in [-0.3, -0.25) is 4.79 Å². The van der Waals surface area contributed by atoms with Crippen LogP contribution in [0, 0.1) is 22.7 Å². The van der Waals surface area contributed by atoms with Crippen LogP contribution in [0.3, 0.4) is 0 Å². The van der Waals surface area contributed by atoms with Gasteiger partial charge in [-0.2, -0.15) is 10.5 Å². The lowest BCUT2D eigenvalue weighted by molar-refractivity contribution is -0.148. The molecular weight excluding hydrogens is 398 g/mol. The average molecular weight is 420 g/mol. The molecular formula is C23H21N3O3S. The van der Waals surface area contributed by atoms with Crippen molar-refractivity contribution in [3.05, 3.63) is 57.5 Å². The van der Waals surface area contributed by atoms with Crippen LogP contribution in [-0.2, 0) is 27.2 Å². The fourth-order valence-electron chi connectivity index (χ4n) is 3.26. The van der Waals surface area contributed by atoms with Crippen LogP contribution in [0.4, 0.5) is 5.00 Å². The Balaban J connectivity index is 1.60. The third kappa shape index (κ3) is 5.14. The summed E-state index contributed by atoms with van der Waals surface area (Å²) in [5.41, 5.74) is 2.85. The molecule has 1 N–H and O–H groups in total. The van der Waals surface area contributed by atoms with Gasteiger partial charge in [-0.05, 0) is 61.9 Å². The molecule has 1 aliphatic rings. The lowest BCUT2D eigenvalue weighted by Crippen LogP contribution is -2.29. The number of esters is 1. The number of nitrogens with one attached hydrogen (secondary N) is 1. The van der Waals surface area contributed by atoms with Crippen molar-refractivity contribution in [2.45, 2.75) is 45.1 Å². The van der Waals surface area contributed by atoms with E-state index in [1.807, 2.05) is 6.07 Å². The van der Waals surface area contributed by atoms with Gasteiger partial charge in [0.05, 0.1) is 17.2 Å². The molecule has 1 atom stereocenters. The highest BCUT2D eigenvalue weighted by molar-refractivity contribution is 7.16. The van der Waals surface area contributed by atoms with Crippen LogP contribution >= 0.6 is 11.3 Å². The van der Waals surface area contributed by atoms with Gasteiger partial charge in [0.2, 0.25) is 0 Å². The number of nitrogens with zero attached hydrogens (tertiary/aromatic N) is 2. The molecule has 1 aliphatic carbocycles. The van der Waals surface area contributed by atoms with E-state index in [9.17, 15) is 14.9 Å². The summed E-state index contributed by atoms with van der Waals surface area (Å²) in [6, 6.07) is 11.0. The molecule has 0 fully saturated rings. The minimum Gasteiger partial charge on any atom is -0.449 e. The third-order valence-corrected chi connectivity index (χ3v) is 6.09. The van der Waals surface area contributed by atoms with Gasteiger partial charge in [-0.25, -0.2) is 4.79 Å². The predicted octanol–water partition coefficient (Wildman–Crippen LogP) is 4.34. The molecule has 1 amide bonds. The summed E-state index contributed by atoms with van der Waals surface area (Å²) >= 11 is 1.44. The van der Waals surface area contributed by atoms with E-state index in [-0.39, 0.29) is 0 Å². The summed E-state index contributed by atoms with van der Waals surface area (Å²) in [5, 5.41) is 21.6. The molecule has 2 aromatic rings. The van der Waals surface area contributed by atoms with Gasteiger partial charge >= 0.3 is 5.97 Å². The maximum absolute atomic E-state index is 12.5. The quantitative estimate of drug-likeness (QED) is 0.441. The minimum atomic E-state index is -1.00. The summed E-state index contributed by atoms with van der Waals surface area (Å²) in [6.45, 7) is 1.49. The third-order valence-electron chi connectivity index (χ3n) is 4.88. The van der Waals surface area contributed by atoms with Gasteiger partial charge in [0.1, 0.15) is 11.1 Å². The first-order valence-corrected chi connectivity index (χ1v) is 10.6. The van der Waals surface area contributed by atoms with Gasteiger partial charge in [0.25, 0.3) is 5.91 Å². The Kier molecular flexibility index (Phi) is 7.00. The number of amides is 1. The summed E-state index contributed by atoms with van der Waals surface area (Å²) in [7, 11) is 0. The number of benzene rings is 1. The zero-order valence-electron chi connectivity index (χ0n) is 16.6. The molecule has 1 aromatic heterocycles. The number of fused-ring (bicyclic) bond motifs is 1. The number of aryl methyl sites for hydroxylation is 1. The monoisotopic (exact) mass is 419 g/mol. The van der Waals surface area contributed by atoms with E-state index in [2.05, 4.69) is 11.4 Å². The first-order chi connectivity index (χ1) is 14.5. The SMILES string of the molecule is C[C@H](OC(=O)/C=C/c1ccc(C#N)cc1)C(=O)Nc1sc2c(c1C#N)CCCCC2. The van der Waals surface area contributed by atoms with Crippen molar-refractivity contribution in [3.8, 4) is 12.1 Å². The zero-order chi connectivity index (χ0) is 21.5. The highest BCUT2D eigenvalue weighted by Gasteiger charge is 2.23. The Hall–Kier alpha value is -3.42. The van der Waals surface area contributed by atoms with Crippen LogP contribution in [0.25, 0.3) is 6.08 Å². The second kappa shape index (κ2) is 9.87. The second-order valence-corrected chi connectivity index (χ2v) is 8.12. The van der Waals surface area contributed by atoms with Crippen molar-refractivity contribution in [1.82, 2.24) is 0 Å². The van der Waals surface area contributed by atoms with Crippen LogP contribution < -0.4 is 5.32 Å². The Labute approximate surface area is 179 Å². The lowest BCUT2D eigenvalue weighted by Gasteiger charge is -2.11. The molecule has 1 heterocycles. The zero-order valence-corrected chi connectivity index (χ0v) is 17.4. The van der Waals surface area contributed by atoms with Crippen molar-refractivity contribution in [2.24, 2.45) is 0 Å². The fourth-order valence-corrected chi connectivity index (χ4v) is 4.51. The van der Waals surface area contributed by atoms with Crippen LogP contribution in [-0.4, -0.2) is 18.0 Å². The van der Waals surface area contributed by atoms with E-state index in [0.717, 1.165) is 48.1 Å². The number of thiophene rings is 1. The fraction of sp³-hybridized carbons (Fsp3) is 0.304. The number of nitriles is 2. The number of carbonyl (C=O) groups is 2. The summed E-state index contributed by atoms with van der Waals surface area (Å²) in [5.74, 6) is -1.12. The van der Waals surface area contributed by atoms with Crippen molar-refractivity contribution in [3.63, 3.8) is 0 Å². The first-order valence-electron chi connectivity index (χ1n) is 9.76. The first kappa shape index (κ1) is 21.3. The maximum atomic E-state index is 12.5. The molecule has 0 aliphatic heterocycles. The van der Waals surface area contributed by atoms with E-state index in [4.69, 9.17) is 10.00 Å². The predicted molar refractivity (Wildman–Crippen MR) is 115 cm³/mol. The van der Waals surface area contributed by atoms with Gasteiger partial charge in [-0.15, -0.1) is 11.3 Å². The van der Waals surface area contributed by atoms with Crippen molar-refractivity contribution < 1.29 is 14.3 Å². The molecule has 7 heteroatoms. The number of ether oxygens (including phenoxy) is 1. The molecule has 6 nitrogen and oxygen atoms in total. The van der Waals surface area contributed by atoms with Crippen LogP contribution in [0.1, 0.15) is 53.3 Å². The van der Waals surface area contributed by atoms with Crippen LogP contribution in [0.2, 0.25) is 0 Å². The molecule has 1 aromatic carbocycles. The highest BCUT2D eigenvalue weighted by atomic mass is 32.1. The lowest BCUT2D eigenvalue weighted by atomic mass is 10.1. The smallest absolute Gasteiger partial charge is 0.331 e. The molecule has 0 unspecified atom stereocenters. The van der Waals surface area contributed by atoms with Gasteiger partial charge in [0, 0.05) is 11.0 Å². The Morgan fingerprint density at radius 3 is 2.57 bits per heavy atom. The largest absolute Gasteiger partial charge is 0.449 e. The molecule has 0 saturated carbocycles. The van der Waals surface area contributed by atoms with Crippen LogP contribution in [0.15, 0.2) is 30.3 Å². The van der Waals surface area contributed by atoms with Gasteiger partial charge in [0.15, 0.2) is 6.10 Å². The molecule has 0 radical (unpaired) electrons. The molecule has 3 rings (SSSR count). The van der Waals surface area contributed by atoms with Crippen molar-refractivity contribution >= 4 is 34.3 Å². The van der Waals surface area contributed by atoms with E-state index in [0.29, 0.717) is 16.1 Å². The number of hydrogen-bond acceptors (Lipinski definition) is 6. The Morgan fingerprint density at radius 2 is 1.87 bits per heavy atom. The standard InChI is InChI=1S/C23H21N3O3S/c1-15(29-21(27)12-11-16-7-9-17(13-24)10-8-16)22(28)26-23-19(14-25)18-5-3-2-4-6-20(18)30-23/h7-12,15H,2-6H2,1H3,(H,26,28)/b12-11+/t15-/m0/s1.